The van der Waals surface area contributed by atoms with Crippen LogP contribution in [-0.2, 0) is 6.54 Å². The molecule has 1 heterocycles. The predicted molar refractivity (Wildman–Crippen MR) is 60.5 cm³/mol. The molecule has 1 aromatic carbocycles. The zero-order valence-electron chi connectivity index (χ0n) is 8.50. The van der Waals surface area contributed by atoms with Gasteiger partial charge in [-0.3, -0.25) is 4.57 Å². The smallest absolute Gasteiger partial charge is 0.408 e. The fourth-order valence-electron chi connectivity index (χ4n) is 1.60. The summed E-state index contributed by atoms with van der Waals surface area (Å²) in [6.45, 7) is 2.60. The van der Waals surface area contributed by atoms with E-state index in [-0.39, 0.29) is 5.76 Å². The minimum Gasteiger partial charge on any atom is -0.408 e. The van der Waals surface area contributed by atoms with E-state index in [0.29, 0.717) is 18.0 Å². The second-order valence-corrected chi connectivity index (χ2v) is 3.91. The zero-order valence-corrected chi connectivity index (χ0v) is 9.25. The number of hydrogen-bond acceptors (Lipinski definition) is 2. The highest BCUT2D eigenvalue weighted by molar-refractivity contribution is 6.17. The van der Waals surface area contributed by atoms with E-state index in [4.69, 9.17) is 16.0 Å². The maximum Gasteiger partial charge on any atom is 0.419 e. The van der Waals surface area contributed by atoms with Crippen molar-refractivity contribution in [2.24, 2.45) is 0 Å². The highest BCUT2D eigenvalue weighted by Gasteiger charge is 2.08. The summed E-state index contributed by atoms with van der Waals surface area (Å²) in [4.78, 5) is 11.5. The third kappa shape index (κ3) is 1.92. The largest absolute Gasteiger partial charge is 0.419 e. The number of rotatable bonds is 3. The van der Waals surface area contributed by atoms with Crippen molar-refractivity contribution < 1.29 is 4.42 Å². The molecule has 0 radical (unpaired) electrons. The number of nitrogens with zero attached hydrogens (tertiary/aromatic N) is 1. The summed E-state index contributed by atoms with van der Waals surface area (Å²) < 4.78 is 6.75. The van der Waals surface area contributed by atoms with Crippen molar-refractivity contribution in [1.82, 2.24) is 4.57 Å². The van der Waals surface area contributed by atoms with Gasteiger partial charge in [0.25, 0.3) is 0 Å². The number of oxazole rings is 1. The molecule has 1 aromatic heterocycles. The molecule has 80 valence electrons. The molecule has 0 N–H and O–H groups in total. The molecule has 2 rings (SSSR count). The van der Waals surface area contributed by atoms with Crippen molar-refractivity contribution in [3.63, 3.8) is 0 Å². The van der Waals surface area contributed by atoms with E-state index >= 15 is 0 Å². The molecule has 0 bridgehead atoms. The van der Waals surface area contributed by atoms with Crippen LogP contribution in [0.5, 0.6) is 0 Å². The number of benzene rings is 1. The summed E-state index contributed by atoms with van der Waals surface area (Å²) in [6.07, 6.45) is 0.768. The molecule has 0 aliphatic carbocycles. The summed E-state index contributed by atoms with van der Waals surface area (Å²) in [6, 6.07) is 5.70. The Labute approximate surface area is 92.3 Å². The lowest BCUT2D eigenvalue weighted by atomic mass is 10.2. The van der Waals surface area contributed by atoms with Crippen LogP contribution in [0.25, 0.3) is 11.1 Å². The molecular formula is C11H12ClNO2. The van der Waals surface area contributed by atoms with E-state index in [9.17, 15) is 4.79 Å². The van der Waals surface area contributed by atoms with Crippen LogP contribution in [0.3, 0.4) is 0 Å². The number of hydrogen-bond donors (Lipinski definition) is 0. The SMILES string of the molecule is Cc1ccc2oc(=O)n(CCCCl)c2c1. The highest BCUT2D eigenvalue weighted by atomic mass is 35.5. The van der Waals surface area contributed by atoms with Gasteiger partial charge in [-0.1, -0.05) is 6.07 Å². The standard InChI is InChI=1S/C11H12ClNO2/c1-8-3-4-10-9(7-8)13(6-2-5-12)11(14)15-10/h3-4,7H,2,5-6H2,1H3. The first-order valence-electron chi connectivity index (χ1n) is 4.88. The van der Waals surface area contributed by atoms with Gasteiger partial charge in [-0.25, -0.2) is 4.79 Å². The summed E-state index contributed by atoms with van der Waals surface area (Å²) in [7, 11) is 0. The zero-order chi connectivity index (χ0) is 10.8. The van der Waals surface area contributed by atoms with Crippen molar-refractivity contribution >= 4 is 22.7 Å². The Morgan fingerprint density at radius 1 is 1.47 bits per heavy atom. The van der Waals surface area contributed by atoms with Gasteiger partial charge in [0.1, 0.15) is 0 Å². The monoisotopic (exact) mass is 225 g/mol. The lowest BCUT2D eigenvalue weighted by molar-refractivity contribution is 0.503. The lowest BCUT2D eigenvalue weighted by Gasteiger charge is -1.99. The minimum atomic E-state index is -0.305. The molecule has 0 saturated heterocycles. The van der Waals surface area contributed by atoms with Crippen LogP contribution in [0.2, 0.25) is 0 Å². The maximum atomic E-state index is 11.5. The topological polar surface area (TPSA) is 35.1 Å². The maximum absolute atomic E-state index is 11.5. The molecule has 0 fully saturated rings. The second kappa shape index (κ2) is 4.11. The van der Waals surface area contributed by atoms with Crippen molar-refractivity contribution in [2.75, 3.05) is 5.88 Å². The van der Waals surface area contributed by atoms with Crippen LogP contribution < -0.4 is 5.76 Å². The molecule has 3 nitrogen and oxygen atoms in total. The molecule has 15 heavy (non-hydrogen) atoms. The van der Waals surface area contributed by atoms with Gasteiger partial charge in [-0.2, -0.15) is 0 Å². The Morgan fingerprint density at radius 3 is 3.00 bits per heavy atom. The van der Waals surface area contributed by atoms with Gasteiger partial charge in [-0.05, 0) is 31.0 Å². The summed E-state index contributed by atoms with van der Waals surface area (Å²) >= 11 is 5.61. The van der Waals surface area contributed by atoms with Crippen LogP contribution in [0.4, 0.5) is 0 Å². The van der Waals surface area contributed by atoms with Gasteiger partial charge in [0.2, 0.25) is 0 Å². The molecule has 0 aliphatic heterocycles. The van der Waals surface area contributed by atoms with Gasteiger partial charge in [0.05, 0.1) is 5.52 Å². The second-order valence-electron chi connectivity index (χ2n) is 3.53. The summed E-state index contributed by atoms with van der Waals surface area (Å²) in [5, 5.41) is 0. The lowest BCUT2D eigenvalue weighted by Crippen LogP contribution is -2.14. The van der Waals surface area contributed by atoms with Gasteiger partial charge < -0.3 is 4.42 Å². The van der Waals surface area contributed by atoms with Crippen molar-refractivity contribution in [3.8, 4) is 0 Å². The average Bonchev–Trinajstić information content (AvgIpc) is 2.51. The quantitative estimate of drug-likeness (QED) is 0.753. The molecule has 0 saturated carbocycles. The Balaban J connectivity index is 2.55. The number of alkyl halides is 1. The molecule has 0 amide bonds. The van der Waals surface area contributed by atoms with Gasteiger partial charge in [0, 0.05) is 12.4 Å². The molecule has 4 heteroatoms. The van der Waals surface area contributed by atoms with Crippen LogP contribution in [0.1, 0.15) is 12.0 Å². The van der Waals surface area contributed by atoms with E-state index in [0.717, 1.165) is 17.5 Å². The summed E-state index contributed by atoms with van der Waals surface area (Å²) in [5.74, 6) is 0.242. The average molecular weight is 226 g/mol. The van der Waals surface area contributed by atoms with Crippen LogP contribution >= 0.6 is 11.6 Å². The van der Waals surface area contributed by atoms with E-state index in [2.05, 4.69) is 0 Å². The molecule has 0 spiro atoms. The first-order chi connectivity index (χ1) is 7.22. The first kappa shape index (κ1) is 10.3. The highest BCUT2D eigenvalue weighted by Crippen LogP contribution is 2.14. The van der Waals surface area contributed by atoms with Gasteiger partial charge in [-0.15, -0.1) is 11.6 Å². The van der Waals surface area contributed by atoms with Crippen LogP contribution in [0, 0.1) is 6.92 Å². The third-order valence-corrected chi connectivity index (χ3v) is 2.61. The predicted octanol–water partition coefficient (Wildman–Crippen LogP) is 2.53. The normalized spacial score (nSPS) is 11.1. The fraction of sp³-hybridized carbons (Fsp3) is 0.364. The third-order valence-electron chi connectivity index (χ3n) is 2.34. The van der Waals surface area contributed by atoms with Crippen LogP contribution in [-0.4, -0.2) is 10.4 Å². The number of aryl methyl sites for hydroxylation is 2. The number of fused-ring (bicyclic) bond motifs is 1. The van der Waals surface area contributed by atoms with E-state index in [1.165, 1.54) is 0 Å². The fourth-order valence-corrected chi connectivity index (χ4v) is 1.72. The number of halogens is 1. The Bertz CT molecular complexity index is 527. The van der Waals surface area contributed by atoms with Crippen LogP contribution in [0.15, 0.2) is 27.4 Å². The molecule has 0 unspecified atom stereocenters. The molecule has 0 atom stereocenters. The Morgan fingerprint density at radius 2 is 2.27 bits per heavy atom. The van der Waals surface area contributed by atoms with E-state index < -0.39 is 0 Å². The van der Waals surface area contributed by atoms with Crippen molar-refractivity contribution in [2.45, 2.75) is 19.9 Å². The molecule has 2 aromatic rings. The van der Waals surface area contributed by atoms with Crippen molar-refractivity contribution in [1.29, 1.82) is 0 Å². The minimum absolute atomic E-state index is 0.305. The van der Waals surface area contributed by atoms with Crippen molar-refractivity contribution in [3.05, 3.63) is 34.3 Å². The summed E-state index contributed by atoms with van der Waals surface area (Å²) in [5.41, 5.74) is 2.60. The Kier molecular flexibility index (Phi) is 2.82. The number of aromatic nitrogens is 1. The van der Waals surface area contributed by atoms with Gasteiger partial charge in [0.15, 0.2) is 5.58 Å². The Hall–Kier alpha value is -1.22. The van der Waals surface area contributed by atoms with E-state index in [1.807, 2.05) is 25.1 Å². The molecular weight excluding hydrogens is 214 g/mol. The first-order valence-corrected chi connectivity index (χ1v) is 5.42. The van der Waals surface area contributed by atoms with Gasteiger partial charge >= 0.3 is 5.76 Å². The molecule has 0 aliphatic rings. The van der Waals surface area contributed by atoms with E-state index in [1.54, 1.807) is 4.57 Å².